The molecule has 1 aromatic rings. The predicted octanol–water partition coefficient (Wildman–Crippen LogP) is 1.26. The molecule has 0 amide bonds. The Kier molecular flexibility index (Phi) is 5.19. The molecule has 1 aliphatic heterocycles. The van der Waals surface area contributed by atoms with E-state index in [1.165, 1.54) is 16.7 Å². The summed E-state index contributed by atoms with van der Waals surface area (Å²) < 4.78 is 5.46. The van der Waals surface area contributed by atoms with E-state index in [0.29, 0.717) is 0 Å². The Hall–Kier alpha value is -1.10. The van der Waals surface area contributed by atoms with Gasteiger partial charge in [0.15, 0.2) is 0 Å². The molecule has 0 atom stereocenters. The smallest absolute Gasteiger partial charge is 0.123 e. The lowest BCUT2D eigenvalue weighted by Gasteiger charge is -2.27. The molecule has 0 aromatic heterocycles. The molecule has 1 fully saturated rings. The van der Waals surface area contributed by atoms with E-state index in [0.717, 1.165) is 45.1 Å². The van der Waals surface area contributed by atoms with E-state index in [1.54, 1.807) is 7.11 Å². The van der Waals surface area contributed by atoms with Gasteiger partial charge in [-0.2, -0.15) is 0 Å². The maximum Gasteiger partial charge on any atom is 0.123 e. The Morgan fingerprint density at radius 3 is 2.58 bits per heavy atom. The van der Waals surface area contributed by atoms with E-state index in [-0.39, 0.29) is 0 Å². The highest BCUT2D eigenvalue weighted by Crippen LogP contribution is 2.22. The zero-order valence-corrected chi connectivity index (χ0v) is 12.3. The molecule has 0 saturated carbocycles. The number of aryl methyl sites for hydroxylation is 2. The van der Waals surface area contributed by atoms with Crippen molar-refractivity contribution in [3.63, 3.8) is 0 Å². The summed E-state index contributed by atoms with van der Waals surface area (Å²) in [5, 5.41) is 6.88. The number of hydrogen-bond donors (Lipinski definition) is 2. The van der Waals surface area contributed by atoms with Gasteiger partial charge in [0.05, 0.1) is 7.11 Å². The van der Waals surface area contributed by atoms with Crippen molar-refractivity contribution in [2.24, 2.45) is 0 Å². The van der Waals surface area contributed by atoms with E-state index in [9.17, 15) is 0 Å². The molecule has 0 bridgehead atoms. The topological polar surface area (TPSA) is 36.5 Å². The second kappa shape index (κ2) is 6.89. The van der Waals surface area contributed by atoms with Crippen molar-refractivity contribution < 1.29 is 4.74 Å². The maximum absolute atomic E-state index is 5.46. The molecule has 2 rings (SSSR count). The Bertz CT molecular complexity index is 414. The van der Waals surface area contributed by atoms with Gasteiger partial charge in [0, 0.05) is 45.0 Å². The molecule has 1 aromatic carbocycles. The number of ether oxygens (including phenoxy) is 1. The number of nitrogens with one attached hydrogen (secondary N) is 2. The highest BCUT2D eigenvalue weighted by Gasteiger charge is 2.10. The summed E-state index contributed by atoms with van der Waals surface area (Å²) in [6, 6.07) is 4.34. The summed E-state index contributed by atoms with van der Waals surface area (Å²) >= 11 is 0. The van der Waals surface area contributed by atoms with Crippen LogP contribution in [0.1, 0.15) is 16.7 Å². The Morgan fingerprint density at radius 2 is 1.89 bits per heavy atom. The molecule has 1 saturated heterocycles. The molecule has 1 aliphatic rings. The van der Waals surface area contributed by atoms with Crippen LogP contribution >= 0.6 is 0 Å². The van der Waals surface area contributed by atoms with Gasteiger partial charge < -0.3 is 15.4 Å². The van der Waals surface area contributed by atoms with Crippen LogP contribution in [-0.4, -0.2) is 44.9 Å². The highest BCUT2D eigenvalue weighted by molar-refractivity contribution is 5.41. The maximum atomic E-state index is 5.46. The number of benzene rings is 1. The summed E-state index contributed by atoms with van der Waals surface area (Å²) in [6.07, 6.45) is 0. The van der Waals surface area contributed by atoms with Crippen LogP contribution in [0.2, 0.25) is 0 Å². The quantitative estimate of drug-likeness (QED) is 0.839. The van der Waals surface area contributed by atoms with E-state index >= 15 is 0 Å². The van der Waals surface area contributed by atoms with Crippen LogP contribution in [0.25, 0.3) is 0 Å². The van der Waals surface area contributed by atoms with Crippen LogP contribution in [-0.2, 0) is 6.54 Å². The Balaban J connectivity index is 1.89. The van der Waals surface area contributed by atoms with E-state index in [2.05, 4.69) is 41.5 Å². The minimum atomic E-state index is 0.855. The third kappa shape index (κ3) is 3.93. The minimum absolute atomic E-state index is 0.855. The molecule has 4 nitrogen and oxygen atoms in total. The van der Waals surface area contributed by atoms with Crippen LogP contribution in [0.15, 0.2) is 12.1 Å². The van der Waals surface area contributed by atoms with Gasteiger partial charge in [0.1, 0.15) is 5.75 Å². The SMILES string of the molecule is COc1cc(C)c(C)cc1CNCN1CCNCC1. The first-order valence-electron chi connectivity index (χ1n) is 6.98. The molecule has 0 unspecified atom stereocenters. The second-order valence-corrected chi connectivity index (χ2v) is 5.20. The molecular formula is C15H25N3O. The molecule has 19 heavy (non-hydrogen) atoms. The highest BCUT2D eigenvalue weighted by atomic mass is 16.5. The summed E-state index contributed by atoms with van der Waals surface area (Å²) in [6.45, 7) is 10.5. The average molecular weight is 263 g/mol. The van der Waals surface area contributed by atoms with Crippen molar-refractivity contribution in [2.45, 2.75) is 20.4 Å². The minimum Gasteiger partial charge on any atom is -0.496 e. The standard InChI is InChI=1S/C15H25N3O/c1-12-8-14(15(19-3)9-13(12)2)10-17-11-18-6-4-16-5-7-18/h8-9,16-17H,4-7,10-11H2,1-3H3. The molecule has 2 N–H and O–H groups in total. The van der Waals surface area contributed by atoms with Gasteiger partial charge >= 0.3 is 0 Å². The van der Waals surface area contributed by atoms with Crippen molar-refractivity contribution in [1.82, 2.24) is 15.5 Å². The van der Waals surface area contributed by atoms with Crippen LogP contribution in [0.5, 0.6) is 5.75 Å². The van der Waals surface area contributed by atoms with Crippen LogP contribution in [0.3, 0.4) is 0 Å². The van der Waals surface area contributed by atoms with Gasteiger partial charge in [0.25, 0.3) is 0 Å². The molecule has 0 radical (unpaired) electrons. The summed E-state index contributed by atoms with van der Waals surface area (Å²) in [5.41, 5.74) is 3.84. The van der Waals surface area contributed by atoms with Crippen LogP contribution < -0.4 is 15.4 Å². The van der Waals surface area contributed by atoms with Gasteiger partial charge in [0.2, 0.25) is 0 Å². The zero-order valence-electron chi connectivity index (χ0n) is 12.3. The molecule has 0 spiro atoms. The van der Waals surface area contributed by atoms with Gasteiger partial charge in [-0.05, 0) is 31.0 Å². The first kappa shape index (κ1) is 14.3. The van der Waals surface area contributed by atoms with Crippen LogP contribution in [0, 0.1) is 13.8 Å². The third-order valence-corrected chi connectivity index (χ3v) is 3.76. The molecular weight excluding hydrogens is 238 g/mol. The van der Waals surface area contributed by atoms with Crippen molar-refractivity contribution >= 4 is 0 Å². The summed E-state index contributed by atoms with van der Waals surface area (Å²) in [4.78, 5) is 2.43. The number of hydrogen-bond acceptors (Lipinski definition) is 4. The largest absolute Gasteiger partial charge is 0.496 e. The molecule has 106 valence electrons. The Morgan fingerprint density at radius 1 is 1.21 bits per heavy atom. The number of rotatable bonds is 5. The van der Waals surface area contributed by atoms with E-state index in [1.807, 2.05) is 0 Å². The third-order valence-electron chi connectivity index (χ3n) is 3.76. The van der Waals surface area contributed by atoms with Crippen molar-refractivity contribution in [1.29, 1.82) is 0 Å². The first-order chi connectivity index (χ1) is 9.20. The number of nitrogens with zero attached hydrogens (tertiary/aromatic N) is 1. The normalized spacial score (nSPS) is 16.6. The fourth-order valence-corrected chi connectivity index (χ4v) is 2.40. The van der Waals surface area contributed by atoms with Gasteiger partial charge in [-0.3, -0.25) is 4.90 Å². The fraction of sp³-hybridized carbons (Fsp3) is 0.600. The monoisotopic (exact) mass is 263 g/mol. The van der Waals surface area contributed by atoms with Crippen LogP contribution in [0.4, 0.5) is 0 Å². The van der Waals surface area contributed by atoms with Gasteiger partial charge in [-0.15, -0.1) is 0 Å². The van der Waals surface area contributed by atoms with Gasteiger partial charge in [-0.1, -0.05) is 6.07 Å². The fourth-order valence-electron chi connectivity index (χ4n) is 2.40. The first-order valence-corrected chi connectivity index (χ1v) is 6.98. The molecule has 1 heterocycles. The molecule has 4 heteroatoms. The predicted molar refractivity (Wildman–Crippen MR) is 78.6 cm³/mol. The van der Waals surface area contributed by atoms with Crippen molar-refractivity contribution in [3.8, 4) is 5.75 Å². The Labute approximate surface area is 116 Å². The lowest BCUT2D eigenvalue weighted by molar-refractivity contribution is 0.222. The zero-order chi connectivity index (χ0) is 13.7. The van der Waals surface area contributed by atoms with Crippen molar-refractivity contribution in [3.05, 3.63) is 28.8 Å². The molecule has 0 aliphatic carbocycles. The average Bonchev–Trinajstić information content (AvgIpc) is 2.43. The van der Waals surface area contributed by atoms with E-state index in [4.69, 9.17) is 4.74 Å². The number of methoxy groups -OCH3 is 1. The summed E-state index contributed by atoms with van der Waals surface area (Å²) in [7, 11) is 1.74. The van der Waals surface area contributed by atoms with Gasteiger partial charge in [-0.25, -0.2) is 0 Å². The lowest BCUT2D eigenvalue weighted by atomic mass is 10.1. The van der Waals surface area contributed by atoms with E-state index < -0.39 is 0 Å². The second-order valence-electron chi connectivity index (χ2n) is 5.20. The summed E-state index contributed by atoms with van der Waals surface area (Å²) in [5.74, 6) is 0.982. The van der Waals surface area contributed by atoms with Crippen molar-refractivity contribution in [2.75, 3.05) is 40.0 Å². The lowest BCUT2D eigenvalue weighted by Crippen LogP contribution is -2.46. The number of piperazine rings is 1.